The fraction of sp³-hybridized carbons (Fsp3) is 0.286. The van der Waals surface area contributed by atoms with Gasteiger partial charge in [-0.2, -0.15) is 0 Å². The maximum Gasteiger partial charge on any atom is 0.131 e. The Bertz CT molecular complexity index is 610. The van der Waals surface area contributed by atoms with Gasteiger partial charge in [-0.25, -0.2) is 4.98 Å². The van der Waals surface area contributed by atoms with Gasteiger partial charge in [-0.05, 0) is 25.3 Å². The lowest BCUT2D eigenvalue weighted by molar-refractivity contribution is 0.321. The zero-order valence-corrected chi connectivity index (χ0v) is 13.1. The molecule has 0 atom stereocenters. The van der Waals surface area contributed by atoms with Crippen LogP contribution in [0.4, 0.5) is 0 Å². The molecule has 2 rings (SSSR count). The molecule has 0 aliphatic heterocycles. The van der Waals surface area contributed by atoms with Gasteiger partial charge in [0.25, 0.3) is 0 Å². The molecule has 0 saturated heterocycles. The molecule has 0 aliphatic carbocycles. The summed E-state index contributed by atoms with van der Waals surface area (Å²) in [6.07, 6.45) is 2.78. The van der Waals surface area contributed by atoms with E-state index >= 15 is 0 Å². The molecule has 2 aromatic rings. The summed E-state index contributed by atoms with van der Waals surface area (Å²) in [6, 6.07) is 5.73. The molecular formula is C14H17N3OS2. The van der Waals surface area contributed by atoms with Gasteiger partial charge >= 0.3 is 0 Å². The molecule has 0 aliphatic rings. The summed E-state index contributed by atoms with van der Waals surface area (Å²) in [7, 11) is 0. The molecule has 0 spiro atoms. The van der Waals surface area contributed by atoms with Gasteiger partial charge in [0, 0.05) is 16.2 Å². The number of hydrogen-bond acceptors (Lipinski definition) is 5. The molecule has 0 saturated carbocycles. The summed E-state index contributed by atoms with van der Waals surface area (Å²) >= 11 is 3.20. The predicted molar refractivity (Wildman–Crippen MR) is 85.3 cm³/mol. The summed E-state index contributed by atoms with van der Waals surface area (Å²) in [4.78, 5) is 6.41. The fourth-order valence-corrected chi connectivity index (χ4v) is 3.28. The highest BCUT2D eigenvalue weighted by atomic mass is 32.2. The van der Waals surface area contributed by atoms with E-state index in [1.54, 1.807) is 23.1 Å². The van der Waals surface area contributed by atoms with Gasteiger partial charge in [0.1, 0.15) is 11.6 Å². The molecular weight excluding hydrogens is 290 g/mol. The molecule has 0 amide bonds. The van der Waals surface area contributed by atoms with E-state index in [-0.39, 0.29) is 5.84 Å². The van der Waals surface area contributed by atoms with Crippen molar-refractivity contribution in [3.63, 3.8) is 0 Å². The van der Waals surface area contributed by atoms with Crippen LogP contribution in [-0.4, -0.2) is 23.7 Å². The number of ether oxygens (including phenoxy) is 1. The summed E-state index contributed by atoms with van der Waals surface area (Å²) in [5.74, 6) is 0.713. The number of aromatic nitrogens is 1. The van der Waals surface area contributed by atoms with Crippen molar-refractivity contribution in [2.75, 3.05) is 12.9 Å². The predicted octanol–water partition coefficient (Wildman–Crippen LogP) is 3.08. The summed E-state index contributed by atoms with van der Waals surface area (Å²) in [5.41, 5.74) is 9.25. The minimum absolute atomic E-state index is 0.0407. The fourth-order valence-electron chi connectivity index (χ4n) is 1.89. The molecule has 0 fully saturated rings. The molecule has 6 heteroatoms. The van der Waals surface area contributed by atoms with Crippen LogP contribution in [0.3, 0.4) is 0 Å². The lowest BCUT2D eigenvalue weighted by atomic mass is 10.2. The number of nitrogens with zero attached hydrogens (tertiary/aromatic N) is 1. The van der Waals surface area contributed by atoms with Crippen LogP contribution in [-0.2, 0) is 6.42 Å². The smallest absolute Gasteiger partial charge is 0.131 e. The number of amidine groups is 1. The van der Waals surface area contributed by atoms with Crippen LogP contribution in [0.1, 0.15) is 16.1 Å². The summed E-state index contributed by atoms with van der Waals surface area (Å²) < 4.78 is 5.81. The van der Waals surface area contributed by atoms with Gasteiger partial charge in [-0.1, -0.05) is 6.07 Å². The molecule has 20 heavy (non-hydrogen) atoms. The van der Waals surface area contributed by atoms with Gasteiger partial charge in [0.05, 0.1) is 23.4 Å². The summed E-state index contributed by atoms with van der Waals surface area (Å²) in [5, 5.41) is 7.71. The molecule has 1 heterocycles. The topological polar surface area (TPSA) is 72.0 Å². The van der Waals surface area contributed by atoms with Crippen molar-refractivity contribution in [1.29, 1.82) is 5.41 Å². The van der Waals surface area contributed by atoms with E-state index in [0.29, 0.717) is 17.9 Å². The number of nitrogen functional groups attached to an aromatic ring is 1. The molecule has 1 aromatic heterocycles. The van der Waals surface area contributed by atoms with E-state index in [1.807, 2.05) is 36.9 Å². The van der Waals surface area contributed by atoms with Gasteiger partial charge < -0.3 is 10.5 Å². The number of nitrogens with one attached hydrogen (secondary N) is 1. The average molecular weight is 307 g/mol. The minimum atomic E-state index is 0.0407. The Kier molecular flexibility index (Phi) is 5.03. The highest BCUT2D eigenvalue weighted by Gasteiger charge is 2.12. The number of thiazole rings is 1. The van der Waals surface area contributed by atoms with Gasteiger partial charge in [-0.3, -0.25) is 5.41 Å². The Morgan fingerprint density at radius 3 is 2.90 bits per heavy atom. The van der Waals surface area contributed by atoms with Crippen LogP contribution in [0.5, 0.6) is 5.75 Å². The Morgan fingerprint density at radius 1 is 1.50 bits per heavy atom. The maximum atomic E-state index is 7.71. The first-order chi connectivity index (χ1) is 9.63. The highest BCUT2D eigenvalue weighted by Crippen LogP contribution is 2.28. The lowest BCUT2D eigenvalue weighted by Crippen LogP contribution is -2.15. The monoisotopic (exact) mass is 307 g/mol. The second-order valence-corrected chi connectivity index (χ2v) is 5.99. The van der Waals surface area contributed by atoms with Crippen molar-refractivity contribution >= 4 is 28.9 Å². The van der Waals surface area contributed by atoms with Crippen molar-refractivity contribution in [3.8, 4) is 5.75 Å². The van der Waals surface area contributed by atoms with Crippen molar-refractivity contribution in [3.05, 3.63) is 39.8 Å². The van der Waals surface area contributed by atoms with Crippen LogP contribution >= 0.6 is 23.1 Å². The number of benzene rings is 1. The Balaban J connectivity index is 2.09. The van der Waals surface area contributed by atoms with E-state index in [2.05, 4.69) is 4.98 Å². The van der Waals surface area contributed by atoms with Gasteiger partial charge in [-0.15, -0.1) is 23.1 Å². The Labute approximate surface area is 126 Å². The van der Waals surface area contributed by atoms with E-state index in [9.17, 15) is 0 Å². The second kappa shape index (κ2) is 6.76. The summed E-state index contributed by atoms with van der Waals surface area (Å²) in [6.45, 7) is 2.56. The van der Waals surface area contributed by atoms with Crippen molar-refractivity contribution in [2.24, 2.45) is 5.73 Å². The molecule has 0 bridgehead atoms. The molecule has 4 nitrogen and oxygen atoms in total. The largest absolute Gasteiger partial charge is 0.492 e. The Hall–Kier alpha value is -1.53. The SMILES string of the molecule is CSc1cccc(OCCc2scnc2C)c1C(=N)N. The number of rotatable bonds is 6. The number of hydrogen-bond donors (Lipinski definition) is 2. The molecule has 0 unspecified atom stereocenters. The quantitative estimate of drug-likeness (QED) is 0.489. The van der Waals surface area contributed by atoms with Crippen molar-refractivity contribution < 1.29 is 4.74 Å². The molecule has 3 N–H and O–H groups in total. The number of nitrogens with two attached hydrogens (primary N) is 1. The third-order valence-electron chi connectivity index (χ3n) is 2.91. The van der Waals surface area contributed by atoms with Crippen LogP contribution in [0, 0.1) is 12.3 Å². The van der Waals surface area contributed by atoms with Crippen molar-refractivity contribution in [2.45, 2.75) is 18.2 Å². The first kappa shape index (κ1) is 14.9. The van der Waals surface area contributed by atoms with Crippen LogP contribution in [0.15, 0.2) is 28.6 Å². The average Bonchev–Trinajstić information content (AvgIpc) is 2.84. The van der Waals surface area contributed by atoms with Crippen LogP contribution in [0.2, 0.25) is 0 Å². The van der Waals surface area contributed by atoms with E-state index in [0.717, 1.165) is 17.0 Å². The lowest BCUT2D eigenvalue weighted by Gasteiger charge is -2.13. The standard InChI is InChI=1S/C14H17N3OS2/c1-9-11(20-8-17-9)6-7-18-10-4-3-5-12(19-2)13(10)14(15)16/h3-5,8H,6-7H2,1-2H3,(H3,15,16). The van der Waals surface area contributed by atoms with Gasteiger partial charge in [0.15, 0.2) is 0 Å². The molecule has 0 radical (unpaired) electrons. The zero-order valence-electron chi connectivity index (χ0n) is 11.5. The first-order valence-electron chi connectivity index (χ1n) is 6.16. The third kappa shape index (κ3) is 3.32. The number of thioether (sulfide) groups is 1. The molecule has 1 aromatic carbocycles. The van der Waals surface area contributed by atoms with E-state index in [4.69, 9.17) is 15.9 Å². The van der Waals surface area contributed by atoms with Crippen molar-refractivity contribution in [1.82, 2.24) is 4.98 Å². The van der Waals surface area contributed by atoms with E-state index < -0.39 is 0 Å². The van der Waals surface area contributed by atoms with E-state index in [1.165, 1.54) is 4.88 Å². The van der Waals surface area contributed by atoms with Crippen LogP contribution < -0.4 is 10.5 Å². The highest BCUT2D eigenvalue weighted by molar-refractivity contribution is 7.98. The number of aryl methyl sites for hydroxylation is 1. The van der Waals surface area contributed by atoms with Crippen LogP contribution in [0.25, 0.3) is 0 Å². The second-order valence-electron chi connectivity index (χ2n) is 4.21. The van der Waals surface area contributed by atoms with Gasteiger partial charge in [0.2, 0.25) is 0 Å². The minimum Gasteiger partial charge on any atom is -0.492 e. The maximum absolute atomic E-state index is 7.71. The molecule has 106 valence electrons. The third-order valence-corrected chi connectivity index (χ3v) is 4.68. The first-order valence-corrected chi connectivity index (χ1v) is 8.27. The zero-order chi connectivity index (χ0) is 14.5. The Morgan fingerprint density at radius 2 is 2.30 bits per heavy atom. The normalized spacial score (nSPS) is 10.5.